The van der Waals surface area contributed by atoms with E-state index < -0.39 is 34.7 Å². The van der Waals surface area contributed by atoms with Crippen LogP contribution in [0.5, 0.6) is 0 Å². The second-order valence-electron chi connectivity index (χ2n) is 3.63. The Kier molecular flexibility index (Phi) is 5.19. The molecule has 0 bridgehead atoms. The summed E-state index contributed by atoms with van der Waals surface area (Å²) in [5.41, 5.74) is 9.08. The van der Waals surface area contributed by atoms with Gasteiger partial charge in [-0.25, -0.2) is 8.78 Å². The third-order valence-corrected chi connectivity index (χ3v) is 2.09. The molecule has 104 valence electrons. The van der Waals surface area contributed by atoms with Crippen LogP contribution in [0, 0.1) is 11.6 Å². The first-order valence-corrected chi connectivity index (χ1v) is 5.30. The van der Waals surface area contributed by atoms with Gasteiger partial charge in [0, 0.05) is 6.54 Å². The number of nitrogens with one attached hydrogen (secondary N) is 1. The summed E-state index contributed by atoms with van der Waals surface area (Å²) in [5, 5.41) is 2.29. The zero-order chi connectivity index (χ0) is 14.4. The molecule has 5 N–H and O–H groups in total. The summed E-state index contributed by atoms with van der Waals surface area (Å²) in [6, 6.07) is 1.52. The van der Waals surface area contributed by atoms with Crippen molar-refractivity contribution in [3.05, 3.63) is 29.3 Å². The Morgan fingerprint density at radius 1 is 1.32 bits per heavy atom. The molecule has 0 aromatic heterocycles. The van der Waals surface area contributed by atoms with Crippen LogP contribution >= 0.6 is 0 Å². The second-order valence-corrected chi connectivity index (χ2v) is 3.63. The van der Waals surface area contributed by atoms with Crippen molar-refractivity contribution >= 4 is 17.5 Å². The molecule has 0 saturated heterocycles. The standard InChI is InChI=1S/C11H13F2N3O3/c12-6-3-7(10(13)8(14)4-6)11(18)16-1-2-19-5-9(15)17/h3-4H,1-2,5,14H2,(H2,15,17)(H,16,18). The highest BCUT2D eigenvalue weighted by Crippen LogP contribution is 2.17. The molecule has 0 heterocycles. The Bertz CT molecular complexity index is 494. The first kappa shape index (κ1) is 14.8. The highest BCUT2D eigenvalue weighted by atomic mass is 19.1. The third kappa shape index (κ3) is 4.51. The van der Waals surface area contributed by atoms with Gasteiger partial charge >= 0.3 is 0 Å². The van der Waals surface area contributed by atoms with Gasteiger partial charge in [0.2, 0.25) is 5.91 Å². The van der Waals surface area contributed by atoms with E-state index in [1.807, 2.05) is 0 Å². The normalized spacial score (nSPS) is 10.2. The van der Waals surface area contributed by atoms with Gasteiger partial charge in [-0.15, -0.1) is 0 Å². The molecule has 0 aliphatic rings. The topological polar surface area (TPSA) is 107 Å². The minimum absolute atomic E-state index is 0.0150. The van der Waals surface area contributed by atoms with Gasteiger partial charge in [-0.1, -0.05) is 0 Å². The Hall–Kier alpha value is -2.22. The fourth-order valence-electron chi connectivity index (χ4n) is 1.28. The number of carbonyl (C=O) groups is 2. The van der Waals surface area contributed by atoms with Crippen LogP contribution in [0.3, 0.4) is 0 Å². The molecular formula is C11H13F2N3O3. The average molecular weight is 273 g/mol. The minimum atomic E-state index is -0.989. The monoisotopic (exact) mass is 273 g/mol. The lowest BCUT2D eigenvalue weighted by molar-refractivity contribution is -0.122. The van der Waals surface area contributed by atoms with E-state index in [1.54, 1.807) is 0 Å². The summed E-state index contributed by atoms with van der Waals surface area (Å²) in [5.74, 6) is -3.27. The first-order chi connectivity index (χ1) is 8.91. The number of rotatable bonds is 6. The fourth-order valence-corrected chi connectivity index (χ4v) is 1.28. The molecule has 0 fully saturated rings. The summed E-state index contributed by atoms with van der Waals surface area (Å²) in [4.78, 5) is 21.9. The lowest BCUT2D eigenvalue weighted by atomic mass is 10.1. The first-order valence-electron chi connectivity index (χ1n) is 5.30. The number of hydrogen-bond acceptors (Lipinski definition) is 4. The van der Waals surface area contributed by atoms with Crippen LogP contribution in [0.4, 0.5) is 14.5 Å². The fraction of sp³-hybridized carbons (Fsp3) is 0.273. The van der Waals surface area contributed by atoms with Crippen molar-refractivity contribution in [3.8, 4) is 0 Å². The number of hydrogen-bond donors (Lipinski definition) is 3. The van der Waals surface area contributed by atoms with Gasteiger partial charge < -0.3 is 21.5 Å². The van der Waals surface area contributed by atoms with E-state index >= 15 is 0 Å². The molecule has 1 rings (SSSR count). The van der Waals surface area contributed by atoms with Gasteiger partial charge in [0.05, 0.1) is 17.9 Å². The van der Waals surface area contributed by atoms with E-state index in [-0.39, 0.29) is 19.8 Å². The number of nitrogens with two attached hydrogens (primary N) is 2. The number of amides is 2. The molecule has 6 nitrogen and oxygen atoms in total. The quantitative estimate of drug-likeness (QED) is 0.492. The van der Waals surface area contributed by atoms with Gasteiger partial charge in [0.1, 0.15) is 12.4 Å². The highest BCUT2D eigenvalue weighted by molar-refractivity contribution is 5.95. The maximum atomic E-state index is 13.5. The molecule has 0 aliphatic carbocycles. The largest absolute Gasteiger partial charge is 0.396 e. The summed E-state index contributed by atoms with van der Waals surface area (Å²) < 4.78 is 31.2. The van der Waals surface area contributed by atoms with Crippen LogP contribution in [0.15, 0.2) is 12.1 Å². The second kappa shape index (κ2) is 6.64. The maximum Gasteiger partial charge on any atom is 0.254 e. The predicted molar refractivity (Wildman–Crippen MR) is 63.1 cm³/mol. The number of halogens is 2. The predicted octanol–water partition coefficient (Wildman–Crippen LogP) is -0.221. The van der Waals surface area contributed by atoms with E-state index in [0.29, 0.717) is 0 Å². The van der Waals surface area contributed by atoms with Crippen LogP contribution in [0.25, 0.3) is 0 Å². The molecule has 0 unspecified atom stereocenters. The van der Waals surface area contributed by atoms with E-state index in [9.17, 15) is 18.4 Å². The van der Waals surface area contributed by atoms with Crippen LogP contribution in [0.2, 0.25) is 0 Å². The summed E-state index contributed by atoms with van der Waals surface area (Å²) >= 11 is 0. The van der Waals surface area contributed by atoms with Crippen LogP contribution in [0.1, 0.15) is 10.4 Å². The molecule has 1 aromatic carbocycles. The Morgan fingerprint density at radius 2 is 2.00 bits per heavy atom. The number of primary amides is 1. The zero-order valence-electron chi connectivity index (χ0n) is 9.91. The van der Waals surface area contributed by atoms with Gasteiger partial charge in [0.25, 0.3) is 5.91 Å². The molecule has 1 aromatic rings. The minimum Gasteiger partial charge on any atom is -0.396 e. The lowest BCUT2D eigenvalue weighted by Gasteiger charge is -2.07. The smallest absolute Gasteiger partial charge is 0.254 e. The SMILES string of the molecule is NC(=O)COCCNC(=O)c1cc(F)cc(N)c1F. The molecule has 0 aliphatic heterocycles. The van der Waals surface area contributed by atoms with E-state index in [2.05, 4.69) is 5.32 Å². The molecule has 2 amide bonds. The average Bonchev–Trinajstić information content (AvgIpc) is 2.32. The molecule has 0 spiro atoms. The molecule has 0 radical (unpaired) electrons. The van der Waals surface area contributed by atoms with Crippen molar-refractivity contribution in [2.24, 2.45) is 5.73 Å². The van der Waals surface area contributed by atoms with Gasteiger partial charge in [-0.3, -0.25) is 9.59 Å². The molecule has 19 heavy (non-hydrogen) atoms. The Balaban J connectivity index is 2.52. The number of nitrogen functional groups attached to an aromatic ring is 1. The number of anilines is 1. The third-order valence-electron chi connectivity index (χ3n) is 2.09. The zero-order valence-corrected chi connectivity index (χ0v) is 9.91. The molecule has 8 heteroatoms. The molecular weight excluding hydrogens is 260 g/mol. The van der Waals surface area contributed by atoms with E-state index in [1.165, 1.54) is 0 Å². The van der Waals surface area contributed by atoms with E-state index in [4.69, 9.17) is 16.2 Å². The van der Waals surface area contributed by atoms with Gasteiger partial charge in [0.15, 0.2) is 5.82 Å². The van der Waals surface area contributed by atoms with Crippen molar-refractivity contribution in [1.82, 2.24) is 5.32 Å². The number of benzene rings is 1. The number of carbonyl (C=O) groups excluding carboxylic acids is 2. The molecule has 0 atom stereocenters. The van der Waals surface area contributed by atoms with E-state index in [0.717, 1.165) is 12.1 Å². The maximum absolute atomic E-state index is 13.5. The lowest BCUT2D eigenvalue weighted by Crippen LogP contribution is -2.29. The number of ether oxygens (including phenoxy) is 1. The van der Waals surface area contributed by atoms with Crippen molar-refractivity contribution in [1.29, 1.82) is 0 Å². The molecule has 0 saturated carbocycles. The van der Waals surface area contributed by atoms with Crippen molar-refractivity contribution in [3.63, 3.8) is 0 Å². The van der Waals surface area contributed by atoms with Crippen LogP contribution < -0.4 is 16.8 Å². The summed E-state index contributed by atoms with van der Waals surface area (Å²) in [6.07, 6.45) is 0. The summed E-state index contributed by atoms with van der Waals surface area (Å²) in [7, 11) is 0. The summed E-state index contributed by atoms with van der Waals surface area (Å²) in [6.45, 7) is -0.250. The Morgan fingerprint density at radius 3 is 2.63 bits per heavy atom. The van der Waals surface area contributed by atoms with Gasteiger partial charge in [-0.2, -0.15) is 0 Å². The van der Waals surface area contributed by atoms with Crippen molar-refractivity contribution in [2.45, 2.75) is 0 Å². The van der Waals surface area contributed by atoms with Crippen LogP contribution in [-0.2, 0) is 9.53 Å². The highest BCUT2D eigenvalue weighted by Gasteiger charge is 2.15. The Labute approximate surface area is 107 Å². The van der Waals surface area contributed by atoms with Gasteiger partial charge in [-0.05, 0) is 12.1 Å². The van der Waals surface area contributed by atoms with Crippen molar-refractivity contribution in [2.75, 3.05) is 25.5 Å². The van der Waals surface area contributed by atoms with Crippen molar-refractivity contribution < 1.29 is 23.1 Å². The van der Waals surface area contributed by atoms with Crippen LogP contribution in [-0.4, -0.2) is 31.6 Å².